The van der Waals surface area contributed by atoms with Crippen LogP contribution in [-0.2, 0) is 16.0 Å². The molecule has 0 aliphatic carbocycles. The van der Waals surface area contributed by atoms with Crippen molar-refractivity contribution in [1.82, 2.24) is 14.7 Å². The van der Waals surface area contributed by atoms with E-state index in [-0.39, 0.29) is 12.0 Å². The number of nitrogens with two attached hydrogens (primary N) is 1. The van der Waals surface area contributed by atoms with Crippen LogP contribution >= 0.6 is 11.6 Å². The van der Waals surface area contributed by atoms with Gasteiger partial charge in [0.25, 0.3) is 0 Å². The van der Waals surface area contributed by atoms with Gasteiger partial charge < -0.3 is 20.3 Å². The van der Waals surface area contributed by atoms with Crippen molar-refractivity contribution < 1.29 is 9.53 Å². The quantitative estimate of drug-likeness (QED) is 0.709. The van der Waals surface area contributed by atoms with Crippen molar-refractivity contribution >= 4 is 29.2 Å². The number of likely N-dealkylation sites (tertiary alicyclic amines) is 2. The molecular formula is C24H33ClN6O2. The van der Waals surface area contributed by atoms with E-state index in [0.717, 1.165) is 62.7 Å². The molecule has 0 bridgehead atoms. The molecule has 8 nitrogen and oxygen atoms in total. The van der Waals surface area contributed by atoms with Crippen LogP contribution in [0.1, 0.15) is 37.7 Å². The first-order valence-electron chi connectivity index (χ1n) is 12.1. The Hall–Kier alpha value is -2.16. The molecule has 9 heteroatoms. The first-order chi connectivity index (χ1) is 16.0. The minimum atomic E-state index is 0.0685. The fraction of sp³-hybridized carbons (Fsp3) is 0.625. The summed E-state index contributed by atoms with van der Waals surface area (Å²) >= 11 is 6.10. The van der Waals surface area contributed by atoms with Crippen LogP contribution in [0.5, 0.6) is 0 Å². The van der Waals surface area contributed by atoms with Crippen molar-refractivity contribution in [2.75, 3.05) is 39.3 Å². The summed E-state index contributed by atoms with van der Waals surface area (Å²) in [4.78, 5) is 19.1. The molecule has 4 aliphatic heterocycles. The van der Waals surface area contributed by atoms with E-state index in [1.165, 1.54) is 5.56 Å². The van der Waals surface area contributed by atoms with E-state index in [1.54, 1.807) is 0 Å². The predicted octanol–water partition coefficient (Wildman–Crippen LogP) is 2.11. The van der Waals surface area contributed by atoms with E-state index in [2.05, 4.69) is 32.1 Å². The minimum Gasteiger partial charge on any atom is -0.385 e. The second-order valence-electron chi connectivity index (χ2n) is 9.58. The first-order valence-corrected chi connectivity index (χ1v) is 12.5. The summed E-state index contributed by atoms with van der Waals surface area (Å²) in [5.41, 5.74) is 7.09. The number of hydrogen-bond acceptors (Lipinski definition) is 7. The highest BCUT2D eigenvalue weighted by Gasteiger charge is 2.37. The second-order valence-corrected chi connectivity index (χ2v) is 10.0. The number of benzene rings is 1. The van der Waals surface area contributed by atoms with Gasteiger partial charge in [-0.05, 0) is 43.4 Å². The van der Waals surface area contributed by atoms with E-state index in [0.29, 0.717) is 43.9 Å². The third-order valence-electron chi connectivity index (χ3n) is 7.32. The first kappa shape index (κ1) is 22.6. The van der Waals surface area contributed by atoms with Gasteiger partial charge in [0.05, 0.1) is 19.1 Å². The van der Waals surface area contributed by atoms with Crippen LogP contribution in [0.2, 0.25) is 5.02 Å². The highest BCUT2D eigenvalue weighted by molar-refractivity contribution is 6.30. The van der Waals surface area contributed by atoms with Gasteiger partial charge in [-0.1, -0.05) is 23.7 Å². The van der Waals surface area contributed by atoms with E-state index in [9.17, 15) is 4.79 Å². The highest BCUT2D eigenvalue weighted by Crippen LogP contribution is 2.27. The summed E-state index contributed by atoms with van der Waals surface area (Å²) in [6.07, 6.45) is 5.45. The van der Waals surface area contributed by atoms with Gasteiger partial charge in [-0.15, -0.1) is 10.2 Å². The molecule has 0 unspecified atom stereocenters. The number of ether oxygens (including phenoxy) is 1. The molecule has 1 amide bonds. The van der Waals surface area contributed by atoms with Crippen molar-refractivity contribution in [1.29, 1.82) is 0 Å². The Morgan fingerprint density at radius 2 is 1.91 bits per heavy atom. The molecule has 33 heavy (non-hydrogen) atoms. The predicted molar refractivity (Wildman–Crippen MR) is 129 cm³/mol. The smallest absolute Gasteiger partial charge is 0.222 e. The molecule has 2 atom stereocenters. The van der Waals surface area contributed by atoms with Gasteiger partial charge in [-0.2, -0.15) is 0 Å². The van der Waals surface area contributed by atoms with Crippen LogP contribution in [0.25, 0.3) is 0 Å². The van der Waals surface area contributed by atoms with Crippen LogP contribution < -0.4 is 5.73 Å². The Morgan fingerprint density at radius 3 is 2.58 bits per heavy atom. The van der Waals surface area contributed by atoms with Crippen molar-refractivity contribution in [2.24, 2.45) is 15.9 Å². The Morgan fingerprint density at radius 1 is 1.12 bits per heavy atom. The van der Waals surface area contributed by atoms with Crippen LogP contribution in [0.3, 0.4) is 0 Å². The zero-order chi connectivity index (χ0) is 22.8. The molecule has 2 N–H and O–H groups in total. The third kappa shape index (κ3) is 5.34. The van der Waals surface area contributed by atoms with Gasteiger partial charge >= 0.3 is 0 Å². The number of carbonyl (C=O) groups is 1. The van der Waals surface area contributed by atoms with Gasteiger partial charge in [0, 0.05) is 56.3 Å². The van der Waals surface area contributed by atoms with E-state index in [1.807, 2.05) is 17.0 Å². The average Bonchev–Trinajstić information content (AvgIpc) is 3.44. The minimum absolute atomic E-state index is 0.0685. The van der Waals surface area contributed by atoms with Gasteiger partial charge in [0.1, 0.15) is 11.7 Å². The molecule has 0 saturated carbocycles. The molecule has 1 aromatic carbocycles. The Labute approximate surface area is 200 Å². The lowest BCUT2D eigenvalue weighted by Crippen LogP contribution is -2.59. The maximum atomic E-state index is 12.2. The number of morpholine rings is 1. The normalized spacial score (nSPS) is 27.2. The molecule has 4 aliphatic rings. The number of rotatable bonds is 5. The summed E-state index contributed by atoms with van der Waals surface area (Å²) in [5, 5.41) is 9.02. The molecule has 0 spiro atoms. The fourth-order valence-corrected chi connectivity index (χ4v) is 5.66. The van der Waals surface area contributed by atoms with E-state index >= 15 is 0 Å². The monoisotopic (exact) mass is 472 g/mol. The van der Waals surface area contributed by atoms with Crippen LogP contribution in [0.4, 0.5) is 0 Å². The number of piperidine rings is 1. The number of amidine groups is 2. The molecule has 4 heterocycles. The summed E-state index contributed by atoms with van der Waals surface area (Å²) in [5.74, 6) is 1.86. The molecular weight excluding hydrogens is 440 g/mol. The number of amides is 1. The zero-order valence-corrected chi connectivity index (χ0v) is 19.8. The van der Waals surface area contributed by atoms with Crippen LogP contribution in [0, 0.1) is 0 Å². The van der Waals surface area contributed by atoms with Crippen LogP contribution in [0.15, 0.2) is 34.5 Å². The number of carbonyl (C=O) groups excluding carboxylic acids is 1. The van der Waals surface area contributed by atoms with Gasteiger partial charge in [0.2, 0.25) is 5.91 Å². The van der Waals surface area contributed by atoms with Crippen molar-refractivity contribution in [3.05, 3.63) is 34.9 Å². The maximum absolute atomic E-state index is 12.2. The lowest BCUT2D eigenvalue weighted by Gasteiger charge is -2.47. The standard InChI is InChI=1S/C24H33ClN6O2/c25-18-5-3-17(4-6-18)12-20-16-33-21(14-30-9-1-2-24(30)32)15-31(20)19-7-10-29(11-8-19)23-13-22(26)27-28-23/h3-6,19-21H,1-2,7-16H2,(H2,26,27)/t20-,21-/m0/s1. The number of nitrogens with zero attached hydrogens (tertiary/aromatic N) is 5. The average molecular weight is 473 g/mol. The molecule has 1 aromatic rings. The van der Waals surface area contributed by atoms with E-state index < -0.39 is 0 Å². The second kappa shape index (κ2) is 9.99. The zero-order valence-electron chi connectivity index (χ0n) is 19.0. The summed E-state index contributed by atoms with van der Waals surface area (Å²) < 4.78 is 6.31. The van der Waals surface area contributed by atoms with Gasteiger partial charge in [-0.3, -0.25) is 9.69 Å². The Kier molecular flexibility index (Phi) is 6.85. The van der Waals surface area contributed by atoms with Crippen molar-refractivity contribution in [2.45, 2.75) is 56.7 Å². The molecule has 5 rings (SSSR count). The summed E-state index contributed by atoms with van der Waals surface area (Å²) in [6, 6.07) is 8.94. The van der Waals surface area contributed by atoms with Gasteiger partial charge in [0.15, 0.2) is 0 Å². The number of halogens is 1. The fourth-order valence-electron chi connectivity index (χ4n) is 5.53. The van der Waals surface area contributed by atoms with E-state index in [4.69, 9.17) is 22.1 Å². The molecule has 178 valence electrons. The Balaban J connectivity index is 1.25. The maximum Gasteiger partial charge on any atom is 0.222 e. The van der Waals surface area contributed by atoms with Crippen molar-refractivity contribution in [3.63, 3.8) is 0 Å². The molecule has 3 fully saturated rings. The van der Waals surface area contributed by atoms with Crippen molar-refractivity contribution in [3.8, 4) is 0 Å². The Bertz CT molecular complexity index is 912. The van der Waals surface area contributed by atoms with Crippen LogP contribution in [-0.4, -0.2) is 89.8 Å². The largest absolute Gasteiger partial charge is 0.385 e. The third-order valence-corrected chi connectivity index (χ3v) is 7.57. The molecule has 3 saturated heterocycles. The molecule has 0 radical (unpaired) electrons. The summed E-state index contributed by atoms with van der Waals surface area (Å²) in [7, 11) is 0. The lowest BCUT2D eigenvalue weighted by atomic mass is 9.96. The topological polar surface area (TPSA) is 86.8 Å². The molecule has 0 aromatic heterocycles. The lowest BCUT2D eigenvalue weighted by molar-refractivity contribution is -0.133. The number of hydrogen-bond donors (Lipinski definition) is 1. The summed E-state index contributed by atoms with van der Waals surface area (Å²) in [6.45, 7) is 5.05. The van der Waals surface area contributed by atoms with Gasteiger partial charge in [-0.25, -0.2) is 0 Å². The SMILES string of the molecule is NC1=NN=C(N2CCC(N3C[C@H](CN4CCCC4=O)OC[C@@H]3Cc3ccc(Cl)cc3)CC2)C1. The highest BCUT2D eigenvalue weighted by atomic mass is 35.5.